The molecule has 0 aliphatic carbocycles. The number of nitrogens with zero attached hydrogens (tertiary/aromatic N) is 1. The number of carbonyl (C=O) groups is 3. The molecule has 8 heteroatoms. The highest BCUT2D eigenvalue weighted by molar-refractivity contribution is 6.20. The van der Waals surface area contributed by atoms with Crippen molar-refractivity contribution in [3.8, 4) is 0 Å². The Labute approximate surface area is 130 Å². The van der Waals surface area contributed by atoms with Crippen LogP contribution in [-0.2, 0) is 9.63 Å². The monoisotopic (exact) mass is 329 g/mol. The van der Waals surface area contributed by atoms with Crippen LogP contribution >= 0.6 is 0 Å². The molecule has 1 aliphatic heterocycles. The number of hydroxylamine groups is 2. The molecular formula is C15H14F3NO4. The maximum Gasteiger partial charge on any atom is 0.389 e. The van der Waals surface area contributed by atoms with Crippen LogP contribution in [0.3, 0.4) is 0 Å². The number of alkyl halides is 3. The van der Waals surface area contributed by atoms with Crippen LogP contribution in [0.4, 0.5) is 13.2 Å². The van der Waals surface area contributed by atoms with Gasteiger partial charge in [0, 0.05) is 6.42 Å². The van der Waals surface area contributed by atoms with Crippen LogP contribution < -0.4 is 0 Å². The van der Waals surface area contributed by atoms with Gasteiger partial charge in [-0.2, -0.15) is 13.2 Å². The summed E-state index contributed by atoms with van der Waals surface area (Å²) in [5.74, 6) is -3.61. The molecule has 1 aliphatic rings. The number of carbonyl (C=O) groups excluding carboxylic acids is 3. The van der Waals surface area contributed by atoms with Crippen molar-refractivity contribution in [3.63, 3.8) is 0 Å². The Morgan fingerprint density at radius 2 is 1.70 bits per heavy atom. The summed E-state index contributed by atoms with van der Waals surface area (Å²) in [5.41, 5.74) is 0.181. The number of halogens is 3. The number of hydrogen-bond donors (Lipinski definition) is 0. The molecule has 1 aromatic rings. The molecule has 0 saturated carbocycles. The minimum atomic E-state index is -4.39. The van der Waals surface area contributed by atoms with E-state index in [2.05, 4.69) is 0 Å². The minimum Gasteiger partial charge on any atom is -0.330 e. The third-order valence-corrected chi connectivity index (χ3v) is 3.50. The van der Waals surface area contributed by atoms with Crippen LogP contribution in [0.2, 0.25) is 0 Å². The highest BCUT2D eigenvalue weighted by Gasteiger charge is 2.39. The second-order valence-electron chi connectivity index (χ2n) is 5.21. The van der Waals surface area contributed by atoms with Gasteiger partial charge in [-0.05, 0) is 18.1 Å². The van der Waals surface area contributed by atoms with E-state index in [-0.39, 0.29) is 17.5 Å². The van der Waals surface area contributed by atoms with E-state index in [0.717, 1.165) is 0 Å². The summed E-state index contributed by atoms with van der Waals surface area (Å²) in [4.78, 5) is 40.4. The lowest BCUT2D eigenvalue weighted by Gasteiger charge is -2.18. The lowest BCUT2D eigenvalue weighted by Crippen LogP contribution is -2.33. The SMILES string of the molecule is CCC(CC(=O)ON1C(=O)c2ccccc2C1=O)CC(F)(F)F. The smallest absolute Gasteiger partial charge is 0.330 e. The number of benzene rings is 1. The summed E-state index contributed by atoms with van der Waals surface area (Å²) in [6.45, 7) is 1.52. The van der Waals surface area contributed by atoms with Crippen molar-refractivity contribution in [2.75, 3.05) is 0 Å². The molecule has 1 aromatic carbocycles. The van der Waals surface area contributed by atoms with Gasteiger partial charge < -0.3 is 4.84 Å². The fraction of sp³-hybridized carbons (Fsp3) is 0.400. The first kappa shape index (κ1) is 17.0. The Morgan fingerprint density at radius 3 is 2.13 bits per heavy atom. The van der Waals surface area contributed by atoms with Gasteiger partial charge >= 0.3 is 12.1 Å². The van der Waals surface area contributed by atoms with Crippen LogP contribution in [0.25, 0.3) is 0 Å². The van der Waals surface area contributed by atoms with Crippen molar-refractivity contribution in [3.05, 3.63) is 35.4 Å². The Balaban J connectivity index is 2.01. The van der Waals surface area contributed by atoms with Crippen molar-refractivity contribution in [1.82, 2.24) is 5.06 Å². The van der Waals surface area contributed by atoms with E-state index in [1.165, 1.54) is 19.1 Å². The second-order valence-corrected chi connectivity index (χ2v) is 5.21. The van der Waals surface area contributed by atoms with Crippen LogP contribution in [-0.4, -0.2) is 29.0 Å². The van der Waals surface area contributed by atoms with Gasteiger partial charge in [0.2, 0.25) is 0 Å². The van der Waals surface area contributed by atoms with Crippen LogP contribution in [0.1, 0.15) is 46.9 Å². The lowest BCUT2D eigenvalue weighted by atomic mass is 9.98. The zero-order valence-corrected chi connectivity index (χ0v) is 12.2. The fourth-order valence-electron chi connectivity index (χ4n) is 2.31. The fourth-order valence-corrected chi connectivity index (χ4v) is 2.31. The minimum absolute atomic E-state index is 0.0904. The number of rotatable bonds is 5. The molecule has 0 saturated heterocycles. The van der Waals surface area contributed by atoms with Crippen LogP contribution in [0.15, 0.2) is 24.3 Å². The van der Waals surface area contributed by atoms with Crippen molar-refractivity contribution in [1.29, 1.82) is 0 Å². The number of imide groups is 1. The Bertz CT molecular complexity index is 607. The van der Waals surface area contributed by atoms with E-state index in [9.17, 15) is 27.6 Å². The predicted molar refractivity (Wildman–Crippen MR) is 72.1 cm³/mol. The average Bonchev–Trinajstić information content (AvgIpc) is 2.71. The highest BCUT2D eigenvalue weighted by Crippen LogP contribution is 2.29. The number of amides is 2. The predicted octanol–water partition coefficient (Wildman–Crippen LogP) is 3.11. The largest absolute Gasteiger partial charge is 0.389 e. The summed E-state index contributed by atoms with van der Waals surface area (Å²) in [6.07, 6.45) is -5.92. The Hall–Kier alpha value is -2.38. The first-order chi connectivity index (χ1) is 10.7. The molecule has 0 radical (unpaired) electrons. The van der Waals surface area contributed by atoms with Crippen molar-refractivity contribution < 1.29 is 32.4 Å². The van der Waals surface area contributed by atoms with Gasteiger partial charge in [-0.25, -0.2) is 4.79 Å². The Kier molecular flexibility index (Phi) is 4.72. The topological polar surface area (TPSA) is 63.7 Å². The second kappa shape index (κ2) is 6.39. The summed E-state index contributed by atoms with van der Waals surface area (Å²) in [7, 11) is 0. The normalized spacial score (nSPS) is 15.6. The molecule has 124 valence electrons. The van der Waals surface area contributed by atoms with Gasteiger partial charge in [0.15, 0.2) is 0 Å². The molecule has 1 atom stereocenters. The molecule has 0 fully saturated rings. The highest BCUT2D eigenvalue weighted by atomic mass is 19.4. The average molecular weight is 329 g/mol. The van der Waals surface area contributed by atoms with Crippen molar-refractivity contribution >= 4 is 17.8 Å². The van der Waals surface area contributed by atoms with E-state index in [1.807, 2.05) is 0 Å². The lowest BCUT2D eigenvalue weighted by molar-refractivity contribution is -0.173. The third kappa shape index (κ3) is 3.88. The quantitative estimate of drug-likeness (QED) is 0.779. The molecular weight excluding hydrogens is 315 g/mol. The zero-order chi connectivity index (χ0) is 17.2. The van der Waals surface area contributed by atoms with Gasteiger partial charge in [0.1, 0.15) is 0 Å². The molecule has 1 unspecified atom stereocenters. The molecule has 23 heavy (non-hydrogen) atoms. The maximum absolute atomic E-state index is 12.4. The van der Waals surface area contributed by atoms with Gasteiger partial charge in [0.25, 0.3) is 11.8 Å². The van der Waals surface area contributed by atoms with Crippen molar-refractivity contribution in [2.24, 2.45) is 5.92 Å². The standard InChI is InChI=1S/C15H14F3NO4/c1-2-9(8-15(16,17)18)7-12(20)23-19-13(21)10-5-3-4-6-11(10)14(19)22/h3-6,9H,2,7-8H2,1H3. The van der Waals surface area contributed by atoms with E-state index < -0.39 is 42.7 Å². The van der Waals surface area contributed by atoms with E-state index in [4.69, 9.17) is 4.84 Å². The van der Waals surface area contributed by atoms with Gasteiger partial charge in [-0.3, -0.25) is 9.59 Å². The van der Waals surface area contributed by atoms with Crippen molar-refractivity contribution in [2.45, 2.75) is 32.4 Å². The summed E-state index contributed by atoms with van der Waals surface area (Å²) in [5, 5.41) is 0.299. The van der Waals surface area contributed by atoms with Gasteiger partial charge in [0.05, 0.1) is 17.5 Å². The summed E-state index contributed by atoms with van der Waals surface area (Å²) in [6, 6.07) is 5.90. The van der Waals surface area contributed by atoms with E-state index >= 15 is 0 Å². The molecule has 0 spiro atoms. The first-order valence-electron chi connectivity index (χ1n) is 6.98. The van der Waals surface area contributed by atoms with Gasteiger partial charge in [-0.15, -0.1) is 0 Å². The summed E-state index contributed by atoms with van der Waals surface area (Å²) < 4.78 is 37.1. The third-order valence-electron chi connectivity index (χ3n) is 3.50. The van der Waals surface area contributed by atoms with E-state index in [0.29, 0.717) is 5.06 Å². The Morgan fingerprint density at radius 1 is 1.17 bits per heavy atom. The molecule has 2 rings (SSSR count). The molecule has 0 aromatic heterocycles. The molecule has 0 N–H and O–H groups in total. The number of hydrogen-bond acceptors (Lipinski definition) is 4. The zero-order valence-electron chi connectivity index (χ0n) is 12.2. The molecule has 1 heterocycles. The first-order valence-corrected chi connectivity index (χ1v) is 6.98. The maximum atomic E-state index is 12.4. The van der Waals surface area contributed by atoms with Crippen LogP contribution in [0, 0.1) is 5.92 Å². The van der Waals surface area contributed by atoms with Gasteiger partial charge in [-0.1, -0.05) is 30.5 Å². The van der Waals surface area contributed by atoms with Crippen LogP contribution in [0.5, 0.6) is 0 Å². The summed E-state index contributed by atoms with van der Waals surface area (Å²) >= 11 is 0. The van der Waals surface area contributed by atoms with E-state index in [1.54, 1.807) is 12.1 Å². The number of fused-ring (bicyclic) bond motifs is 1. The molecule has 5 nitrogen and oxygen atoms in total. The molecule has 0 bridgehead atoms. The molecule has 2 amide bonds.